The zero-order valence-electron chi connectivity index (χ0n) is 38.0. The Bertz CT molecular complexity index is 2670. The van der Waals surface area contributed by atoms with Crippen molar-refractivity contribution >= 4 is 63.6 Å². The minimum absolute atomic E-state index is 0.0596. The van der Waals surface area contributed by atoms with E-state index < -0.39 is 58.7 Å². The summed E-state index contributed by atoms with van der Waals surface area (Å²) in [6.45, 7) is 6.11. The molecule has 2 atom stereocenters. The molecule has 7 amide bonds. The van der Waals surface area contributed by atoms with Crippen LogP contribution in [0.3, 0.4) is 0 Å². The Labute approximate surface area is 395 Å². The first kappa shape index (κ1) is 47.5. The number of likely N-dealkylation sites (tertiary alicyclic amines) is 2. The summed E-state index contributed by atoms with van der Waals surface area (Å²) in [5, 5.41) is 19.6. The predicted octanol–water partition coefficient (Wildman–Crippen LogP) is 3.10. The lowest BCUT2D eigenvalue weighted by Gasteiger charge is -2.46. The van der Waals surface area contributed by atoms with E-state index in [4.69, 9.17) is 9.47 Å². The van der Waals surface area contributed by atoms with E-state index >= 15 is 0 Å². The van der Waals surface area contributed by atoms with E-state index in [1.54, 1.807) is 42.5 Å². The van der Waals surface area contributed by atoms with Gasteiger partial charge in [-0.25, -0.2) is 8.78 Å². The van der Waals surface area contributed by atoms with Gasteiger partial charge in [0, 0.05) is 80.5 Å². The molecule has 4 saturated heterocycles. The number of nitrogens with one attached hydrogen (secondary N) is 4. The molecule has 18 nitrogen and oxygen atoms in total. The number of H-pyrrole nitrogens is 1. The Kier molecular flexibility index (Phi) is 13.6. The number of hydrogen-bond acceptors (Lipinski definition) is 12. The number of aromatic amines is 1. The van der Waals surface area contributed by atoms with Crippen molar-refractivity contribution in [1.82, 2.24) is 30.3 Å². The number of carbonyl (C=O) groups is 7. The van der Waals surface area contributed by atoms with Gasteiger partial charge >= 0.3 is 0 Å². The van der Waals surface area contributed by atoms with Gasteiger partial charge in [-0.05, 0) is 111 Å². The molecule has 364 valence electrons. The van der Waals surface area contributed by atoms with Crippen molar-refractivity contribution in [3.8, 4) is 0 Å². The molecule has 0 saturated carbocycles. The van der Waals surface area contributed by atoms with Gasteiger partial charge in [0.25, 0.3) is 29.5 Å². The third-order valence-electron chi connectivity index (χ3n) is 14.2. The van der Waals surface area contributed by atoms with Crippen LogP contribution >= 0.6 is 0 Å². The normalized spacial score (nSPS) is 21.6. The maximum atomic E-state index is 13.7. The fourth-order valence-electron chi connectivity index (χ4n) is 10.1. The first-order chi connectivity index (χ1) is 33.2. The average Bonchev–Trinajstić information content (AvgIpc) is 3.98. The largest absolute Gasteiger partial charge is 0.383 e. The van der Waals surface area contributed by atoms with Gasteiger partial charge in [-0.1, -0.05) is 0 Å². The molecule has 69 heavy (non-hydrogen) atoms. The number of ether oxygens (including phenoxy) is 2. The SMILES string of the molecule is O=C1CCC(N2C(=O)c3ccc(NCCOCCOCCN4CCC5(CC4)CCN(C(=O)c4cc6cc(N7CCC(O)(C(=O)NCc8cc(F)cc(F)c8)C7=O)ccc6[nH]4)CC5)cc3C2=O)C(=O)N1. The number of fused-ring (bicyclic) bond motifs is 2. The van der Waals surface area contributed by atoms with E-state index in [-0.39, 0.29) is 60.4 Å². The lowest BCUT2D eigenvalue weighted by Crippen LogP contribution is -2.54. The van der Waals surface area contributed by atoms with E-state index in [0.29, 0.717) is 80.1 Å². The van der Waals surface area contributed by atoms with Gasteiger partial charge in [-0.3, -0.25) is 43.8 Å². The Morgan fingerprint density at radius 1 is 0.783 bits per heavy atom. The third-order valence-corrected chi connectivity index (χ3v) is 14.2. The summed E-state index contributed by atoms with van der Waals surface area (Å²) >= 11 is 0. The molecular weight excluding hydrogens is 899 g/mol. The van der Waals surface area contributed by atoms with Crippen molar-refractivity contribution in [1.29, 1.82) is 0 Å². The van der Waals surface area contributed by atoms with Gasteiger partial charge < -0.3 is 44.9 Å². The molecule has 1 spiro atoms. The van der Waals surface area contributed by atoms with E-state index in [9.17, 15) is 47.4 Å². The van der Waals surface area contributed by atoms with Crippen LogP contribution in [0.15, 0.2) is 60.7 Å². The molecule has 9 rings (SSSR count). The molecule has 20 heteroatoms. The van der Waals surface area contributed by atoms with Crippen molar-refractivity contribution in [2.24, 2.45) is 5.41 Å². The number of piperidine rings is 3. The number of aliphatic hydroxyl groups is 1. The molecule has 5 aliphatic heterocycles. The molecule has 0 aliphatic carbocycles. The molecular formula is C49H54F2N8O10. The number of imide groups is 2. The fourth-order valence-corrected chi connectivity index (χ4v) is 10.1. The predicted molar refractivity (Wildman–Crippen MR) is 245 cm³/mol. The van der Waals surface area contributed by atoms with Crippen molar-refractivity contribution in [2.75, 3.05) is 82.5 Å². The second-order valence-corrected chi connectivity index (χ2v) is 18.5. The Morgan fingerprint density at radius 3 is 2.23 bits per heavy atom. The number of carbonyl (C=O) groups excluding carboxylic acids is 7. The van der Waals surface area contributed by atoms with Gasteiger partial charge in [-0.2, -0.15) is 0 Å². The highest BCUT2D eigenvalue weighted by Crippen LogP contribution is 2.42. The number of amides is 7. The molecule has 2 unspecified atom stereocenters. The summed E-state index contributed by atoms with van der Waals surface area (Å²) in [5.74, 6) is -5.67. The van der Waals surface area contributed by atoms with Gasteiger partial charge in [0.15, 0.2) is 0 Å². The minimum atomic E-state index is -2.35. The number of halogens is 2. The fraction of sp³-hybridized carbons (Fsp3) is 0.449. The molecule has 0 bridgehead atoms. The smallest absolute Gasteiger partial charge is 0.270 e. The Balaban J connectivity index is 0.652. The number of anilines is 2. The summed E-state index contributed by atoms with van der Waals surface area (Å²) < 4.78 is 38.8. The number of benzene rings is 3. The van der Waals surface area contributed by atoms with Crippen LogP contribution in [-0.2, 0) is 35.2 Å². The average molecular weight is 953 g/mol. The zero-order chi connectivity index (χ0) is 48.5. The second-order valence-electron chi connectivity index (χ2n) is 18.5. The first-order valence-corrected chi connectivity index (χ1v) is 23.4. The van der Waals surface area contributed by atoms with E-state index in [1.165, 1.54) is 4.90 Å². The van der Waals surface area contributed by atoms with Crippen LogP contribution in [0.4, 0.5) is 20.2 Å². The lowest BCUT2D eigenvalue weighted by atomic mass is 9.71. The summed E-state index contributed by atoms with van der Waals surface area (Å²) in [6, 6.07) is 13.6. The number of rotatable bonds is 16. The summed E-state index contributed by atoms with van der Waals surface area (Å²) in [7, 11) is 0. The lowest BCUT2D eigenvalue weighted by molar-refractivity contribution is -0.149. The van der Waals surface area contributed by atoms with E-state index in [2.05, 4.69) is 25.8 Å². The van der Waals surface area contributed by atoms with Crippen LogP contribution in [-0.4, -0.2) is 150 Å². The highest BCUT2D eigenvalue weighted by Gasteiger charge is 2.52. The van der Waals surface area contributed by atoms with Crippen molar-refractivity contribution in [2.45, 2.75) is 63.1 Å². The van der Waals surface area contributed by atoms with Crippen LogP contribution in [0.25, 0.3) is 10.9 Å². The summed E-state index contributed by atoms with van der Waals surface area (Å²) in [4.78, 5) is 99.7. The molecule has 4 aromatic rings. The van der Waals surface area contributed by atoms with Crippen LogP contribution < -0.4 is 20.9 Å². The van der Waals surface area contributed by atoms with Crippen molar-refractivity contribution < 1.29 is 56.9 Å². The molecule has 1 aromatic heterocycles. The van der Waals surface area contributed by atoms with E-state index in [0.717, 1.165) is 62.4 Å². The molecule has 3 aromatic carbocycles. The van der Waals surface area contributed by atoms with Gasteiger partial charge in [0.1, 0.15) is 23.4 Å². The monoisotopic (exact) mass is 952 g/mol. The summed E-state index contributed by atoms with van der Waals surface area (Å²) in [6.07, 6.45) is 3.91. The van der Waals surface area contributed by atoms with E-state index in [1.807, 2.05) is 4.90 Å². The van der Waals surface area contributed by atoms with Crippen molar-refractivity contribution in [3.63, 3.8) is 0 Å². The number of aromatic nitrogens is 1. The molecule has 0 radical (unpaired) electrons. The minimum Gasteiger partial charge on any atom is -0.383 e. The standard InChI is InChI=1S/C49H54F2N8O10/c50-32-23-30(24-33(51)27-32)29-53-46(65)49(67)11-17-58(47(49)66)35-2-4-38-31(25-35)26-39(54-38)45(64)57-15-9-48(10-16-57)7-13-56(14-8-48)18-20-69-22-21-68-19-12-52-34-1-3-36-37(28-34)44(63)59(43(36)62)40-5-6-41(60)55-42(40)61/h1-4,23-28,40,52,54,67H,5-22,29H2,(H,53,65)(H,55,60,61). The second kappa shape index (κ2) is 19.8. The molecule has 5 N–H and O–H groups in total. The van der Waals surface area contributed by atoms with Gasteiger partial charge in [0.05, 0.1) is 37.6 Å². The Hall–Kier alpha value is -6.61. The molecule has 6 heterocycles. The highest BCUT2D eigenvalue weighted by molar-refractivity contribution is 6.24. The molecule has 5 aliphatic rings. The van der Waals surface area contributed by atoms with Crippen LogP contribution in [0.5, 0.6) is 0 Å². The zero-order valence-corrected chi connectivity index (χ0v) is 38.0. The maximum Gasteiger partial charge on any atom is 0.270 e. The third kappa shape index (κ3) is 9.97. The molecule has 4 fully saturated rings. The number of nitrogens with zero attached hydrogens (tertiary/aromatic N) is 4. The van der Waals surface area contributed by atoms with Crippen LogP contribution in [0.2, 0.25) is 0 Å². The van der Waals surface area contributed by atoms with Crippen molar-refractivity contribution in [3.05, 3.63) is 94.7 Å². The summed E-state index contributed by atoms with van der Waals surface area (Å²) in [5.41, 5.74) is 0.636. The van der Waals surface area contributed by atoms with Crippen LogP contribution in [0.1, 0.15) is 81.7 Å². The van der Waals surface area contributed by atoms with Crippen LogP contribution in [0, 0.1) is 17.0 Å². The Morgan fingerprint density at radius 2 is 1.49 bits per heavy atom. The number of hydrogen-bond donors (Lipinski definition) is 5. The van der Waals surface area contributed by atoms with Gasteiger partial charge in [-0.15, -0.1) is 0 Å². The topological polar surface area (TPSA) is 223 Å². The van der Waals surface area contributed by atoms with Gasteiger partial charge in [0.2, 0.25) is 17.4 Å². The highest BCUT2D eigenvalue weighted by atomic mass is 19.1. The first-order valence-electron chi connectivity index (χ1n) is 23.4. The quantitative estimate of drug-likeness (QED) is 0.0622. The maximum absolute atomic E-state index is 13.7.